The smallest absolute Gasteiger partial charge is 0.311 e. The number of ether oxygens (including phenoxy) is 2. The van der Waals surface area contributed by atoms with Crippen molar-refractivity contribution in [1.29, 1.82) is 0 Å². The number of hydrogen-bond donors (Lipinski definition) is 0. The third-order valence-corrected chi connectivity index (χ3v) is 15.1. The van der Waals surface area contributed by atoms with Gasteiger partial charge in [-0.25, -0.2) is 0 Å². The lowest BCUT2D eigenvalue weighted by Crippen LogP contribution is -2.27. The maximum Gasteiger partial charge on any atom is 0.311 e. The first kappa shape index (κ1) is 42.2. The van der Waals surface area contributed by atoms with Gasteiger partial charge in [0.2, 0.25) is 0 Å². The molecule has 0 spiro atoms. The van der Waals surface area contributed by atoms with Gasteiger partial charge in [0.25, 0.3) is 0 Å². The molecule has 1 aromatic heterocycles. The predicted octanol–water partition coefficient (Wildman–Crippen LogP) is 14.8. The van der Waals surface area contributed by atoms with E-state index in [1.54, 1.807) is 0 Å². The Morgan fingerprint density at radius 1 is 0.554 bits per heavy atom. The lowest BCUT2D eigenvalue weighted by atomic mass is 9.87. The molecule has 0 N–H and O–H groups in total. The normalized spacial score (nSPS) is 14.8. The van der Waals surface area contributed by atoms with Crippen LogP contribution in [0.25, 0.3) is 49.7 Å². The van der Waals surface area contributed by atoms with Crippen LogP contribution in [-0.4, -0.2) is 4.57 Å². The minimum Gasteiger partial charge on any atom is -0.487 e. The maximum absolute atomic E-state index is 16.6. The van der Waals surface area contributed by atoms with E-state index in [1.165, 1.54) is 16.7 Å². The van der Waals surface area contributed by atoms with Gasteiger partial charge in [-0.2, -0.15) is 0 Å². The molecule has 1 aliphatic heterocycles. The molecule has 1 atom stereocenters. The number of benzene rings is 8. The van der Waals surface area contributed by atoms with Gasteiger partial charge >= 0.3 is 7.37 Å². The first-order chi connectivity index (χ1) is 31.3. The second kappa shape index (κ2) is 16.3. The Kier molecular flexibility index (Phi) is 10.6. The Morgan fingerprint density at radius 3 is 1.77 bits per heavy atom. The van der Waals surface area contributed by atoms with Crippen molar-refractivity contribution < 1.29 is 18.6 Å². The van der Waals surface area contributed by atoms with Gasteiger partial charge in [-0.1, -0.05) is 181 Å². The average Bonchev–Trinajstić information content (AvgIpc) is 3.65. The van der Waals surface area contributed by atoms with Crippen molar-refractivity contribution in [3.63, 3.8) is 0 Å². The summed E-state index contributed by atoms with van der Waals surface area (Å²) in [6.45, 7) is 16.0. The molecule has 0 saturated heterocycles. The fourth-order valence-corrected chi connectivity index (χ4v) is 11.4. The van der Waals surface area contributed by atoms with Crippen molar-refractivity contribution in [2.24, 2.45) is 0 Å². The fraction of sp³-hybridized carbons (Fsp3) is 0.186. The summed E-state index contributed by atoms with van der Waals surface area (Å²) in [5.41, 5.74) is 12.4. The Morgan fingerprint density at radius 2 is 1.12 bits per heavy atom. The van der Waals surface area contributed by atoms with Crippen LogP contribution >= 0.6 is 7.37 Å². The molecule has 8 aromatic carbocycles. The molecule has 10 rings (SSSR count). The third-order valence-electron chi connectivity index (χ3n) is 12.7. The van der Waals surface area contributed by atoms with E-state index in [0.717, 1.165) is 60.9 Å². The summed E-state index contributed by atoms with van der Waals surface area (Å²) < 4.78 is 40.1. The summed E-state index contributed by atoms with van der Waals surface area (Å²) in [7, 11) is -3.96. The van der Waals surface area contributed by atoms with Crippen LogP contribution in [0.2, 0.25) is 0 Å². The highest BCUT2D eigenvalue weighted by Crippen LogP contribution is 2.58. The van der Waals surface area contributed by atoms with Crippen LogP contribution in [-0.2, 0) is 28.6 Å². The lowest BCUT2D eigenvalue weighted by Gasteiger charge is -2.30. The van der Waals surface area contributed by atoms with Crippen molar-refractivity contribution >= 4 is 39.8 Å². The van der Waals surface area contributed by atoms with Gasteiger partial charge < -0.3 is 18.6 Å². The minimum absolute atomic E-state index is 0.000965. The summed E-state index contributed by atoms with van der Waals surface area (Å²) in [5.74, 6) is 1.64. The number of fused-ring (bicyclic) bond motifs is 6. The zero-order valence-corrected chi connectivity index (χ0v) is 39.1. The van der Waals surface area contributed by atoms with Crippen molar-refractivity contribution in [2.45, 2.75) is 72.5 Å². The van der Waals surface area contributed by atoms with Gasteiger partial charge in [-0.05, 0) is 93.1 Å². The molecule has 0 amide bonds. The van der Waals surface area contributed by atoms with Crippen LogP contribution in [0.1, 0.15) is 69.4 Å². The van der Waals surface area contributed by atoms with E-state index in [0.29, 0.717) is 27.9 Å². The number of para-hydroxylation sites is 2. The van der Waals surface area contributed by atoms with Gasteiger partial charge in [-0.15, -0.1) is 0 Å². The van der Waals surface area contributed by atoms with E-state index in [-0.39, 0.29) is 24.0 Å². The summed E-state index contributed by atoms with van der Waals surface area (Å²) in [6.07, 6.45) is 0. The molecule has 2 heterocycles. The quantitative estimate of drug-likeness (QED) is 0.136. The van der Waals surface area contributed by atoms with Crippen molar-refractivity contribution in [3.05, 3.63) is 204 Å². The van der Waals surface area contributed by atoms with E-state index >= 15 is 4.57 Å². The maximum atomic E-state index is 16.6. The molecule has 0 saturated carbocycles. The minimum atomic E-state index is -3.96. The van der Waals surface area contributed by atoms with Crippen LogP contribution in [0.4, 0.5) is 0 Å². The average molecular weight is 872 g/mol. The first-order valence-corrected chi connectivity index (χ1v) is 24.1. The lowest BCUT2D eigenvalue weighted by molar-refractivity contribution is 0.304. The summed E-state index contributed by atoms with van der Waals surface area (Å²) in [5, 5.41) is 2.81. The van der Waals surface area contributed by atoms with Crippen LogP contribution in [0.15, 0.2) is 176 Å². The predicted molar refractivity (Wildman–Crippen MR) is 269 cm³/mol. The Bertz CT molecular complexity index is 3260. The van der Waals surface area contributed by atoms with Crippen LogP contribution in [0.3, 0.4) is 0 Å². The Labute approximate surface area is 382 Å². The monoisotopic (exact) mass is 871 g/mol. The summed E-state index contributed by atoms with van der Waals surface area (Å²) in [6, 6.07) is 60.6. The SMILES string of the molecule is Cc1ccc(-c2ccc3c(c2)c2c(OCc4ccc(C(C)(C)C)cc4)c(P4(=O)Oc5ccccc5-c5ccccc54)cc(OCc4ccc(C(C)(C)C)cc4)c2n3-c2ccccc2)cc1. The van der Waals surface area contributed by atoms with E-state index in [4.69, 9.17) is 14.0 Å². The molecule has 324 valence electrons. The molecule has 1 unspecified atom stereocenters. The fourth-order valence-electron chi connectivity index (χ4n) is 9.00. The molecule has 0 bridgehead atoms. The molecule has 0 radical (unpaired) electrons. The molecule has 65 heavy (non-hydrogen) atoms. The molecule has 0 aliphatic carbocycles. The summed E-state index contributed by atoms with van der Waals surface area (Å²) >= 11 is 0. The molecule has 1 aliphatic rings. The second-order valence-corrected chi connectivity index (χ2v) is 21.6. The van der Waals surface area contributed by atoms with E-state index in [2.05, 4.69) is 168 Å². The van der Waals surface area contributed by atoms with Crippen LogP contribution < -0.4 is 24.6 Å². The Balaban J connectivity index is 1.28. The highest BCUT2D eigenvalue weighted by molar-refractivity contribution is 7.75. The zero-order valence-electron chi connectivity index (χ0n) is 38.2. The van der Waals surface area contributed by atoms with Gasteiger partial charge in [0.15, 0.2) is 0 Å². The van der Waals surface area contributed by atoms with Gasteiger partial charge in [0.05, 0.1) is 21.5 Å². The van der Waals surface area contributed by atoms with E-state index < -0.39 is 7.37 Å². The number of hydrogen-bond acceptors (Lipinski definition) is 4. The third kappa shape index (κ3) is 7.83. The van der Waals surface area contributed by atoms with Crippen LogP contribution in [0.5, 0.6) is 17.2 Å². The topological polar surface area (TPSA) is 49.7 Å². The molecular formula is C59H54NO4P. The van der Waals surface area contributed by atoms with Crippen molar-refractivity contribution in [2.75, 3.05) is 0 Å². The van der Waals surface area contributed by atoms with E-state index in [1.807, 2.05) is 60.7 Å². The highest BCUT2D eigenvalue weighted by atomic mass is 31.2. The van der Waals surface area contributed by atoms with Crippen LogP contribution in [0, 0.1) is 6.92 Å². The van der Waals surface area contributed by atoms with Gasteiger partial charge in [-0.3, -0.25) is 4.57 Å². The molecule has 6 heteroatoms. The summed E-state index contributed by atoms with van der Waals surface area (Å²) in [4.78, 5) is 0. The number of aromatic nitrogens is 1. The van der Waals surface area contributed by atoms with Gasteiger partial charge in [0, 0.05) is 22.7 Å². The molecule has 0 fully saturated rings. The first-order valence-electron chi connectivity index (χ1n) is 22.5. The molecular weight excluding hydrogens is 818 g/mol. The van der Waals surface area contributed by atoms with Gasteiger partial charge in [0.1, 0.15) is 36.0 Å². The van der Waals surface area contributed by atoms with E-state index in [9.17, 15) is 0 Å². The second-order valence-electron chi connectivity index (χ2n) is 19.3. The molecule has 5 nitrogen and oxygen atoms in total. The number of rotatable bonds is 9. The highest BCUT2D eigenvalue weighted by Gasteiger charge is 2.42. The number of nitrogens with zero attached hydrogens (tertiary/aromatic N) is 1. The van der Waals surface area contributed by atoms with Crippen molar-refractivity contribution in [1.82, 2.24) is 4.57 Å². The van der Waals surface area contributed by atoms with Crippen molar-refractivity contribution in [3.8, 4) is 45.2 Å². The largest absolute Gasteiger partial charge is 0.487 e. The Hall–Kier alpha value is -6.81. The standard InChI is InChI=1S/C59H54NO4P/c1-39-21-27-42(28-22-39)43-29-34-50-49(35-43)55-56(60(50)46-15-9-8-10-16-46)52(62-37-40-23-30-44(31-24-40)58(2,3)4)36-54(57(55)63-38-41-25-32-45(33-26-41)59(5,6)7)65(61)53-20-14-12-18-48(53)47-17-11-13-19-51(47)64-65/h8-36H,37-38H2,1-7H3. The number of aryl methyl sites for hydroxylation is 1. The zero-order chi connectivity index (χ0) is 45.1. The molecule has 9 aromatic rings.